The van der Waals surface area contributed by atoms with Crippen LogP contribution in [0.15, 0.2) is 110 Å². The van der Waals surface area contributed by atoms with Gasteiger partial charge in [-0.25, -0.2) is 14.3 Å². The first-order chi connectivity index (χ1) is 16.1. The summed E-state index contributed by atoms with van der Waals surface area (Å²) in [5, 5.41) is 3.91. The van der Waals surface area contributed by atoms with Crippen LogP contribution < -0.4 is 5.32 Å². The molecule has 5 heteroatoms. The summed E-state index contributed by atoms with van der Waals surface area (Å²) < 4.78 is 7.03. The maximum Gasteiger partial charge on any atom is 0.419 e. The van der Waals surface area contributed by atoms with Gasteiger partial charge in [0, 0.05) is 18.4 Å². The van der Waals surface area contributed by atoms with Crippen LogP contribution in [0.2, 0.25) is 0 Å². The van der Waals surface area contributed by atoms with Gasteiger partial charge in [-0.05, 0) is 22.6 Å². The van der Waals surface area contributed by atoms with Crippen molar-refractivity contribution in [3.05, 3.63) is 126 Å². The number of carbonyl (C=O) groups is 1. The Kier molecular flexibility index (Phi) is 7.01. The molecule has 168 valence electrons. The molecule has 0 amide bonds. The van der Waals surface area contributed by atoms with Gasteiger partial charge in [-0.2, -0.15) is 0 Å². The zero-order valence-corrected chi connectivity index (χ0v) is 19.0. The van der Waals surface area contributed by atoms with Crippen LogP contribution in [0.4, 0.5) is 4.79 Å². The van der Waals surface area contributed by atoms with Gasteiger partial charge in [0.05, 0.1) is 5.54 Å². The van der Waals surface area contributed by atoms with Crippen molar-refractivity contribution in [1.29, 1.82) is 0 Å². The second-order valence-corrected chi connectivity index (χ2v) is 8.39. The summed E-state index contributed by atoms with van der Waals surface area (Å²) in [7, 11) is 0. The van der Waals surface area contributed by atoms with Crippen LogP contribution in [0.25, 0.3) is 0 Å². The molecule has 0 fully saturated rings. The third kappa shape index (κ3) is 4.89. The van der Waals surface area contributed by atoms with E-state index in [0.717, 1.165) is 16.7 Å². The molecular formula is C28H29N3O2. The summed E-state index contributed by atoms with van der Waals surface area (Å²) in [5.41, 5.74) is 2.73. The molecule has 1 N–H and O–H groups in total. The van der Waals surface area contributed by atoms with E-state index in [0.29, 0.717) is 0 Å². The molecule has 1 unspecified atom stereocenters. The smallest absolute Gasteiger partial charge is 0.419 e. The molecule has 5 nitrogen and oxygen atoms in total. The number of hydrogen-bond donors (Lipinski definition) is 1. The minimum atomic E-state index is -0.625. The van der Waals surface area contributed by atoms with Gasteiger partial charge in [0.25, 0.3) is 0 Å². The zero-order chi connectivity index (χ0) is 23.1. The number of aromatic nitrogens is 2. The molecule has 33 heavy (non-hydrogen) atoms. The molecule has 4 aromatic rings. The summed E-state index contributed by atoms with van der Waals surface area (Å²) in [6, 6.07) is 31.1. The number of imidazole rings is 1. The highest BCUT2D eigenvalue weighted by Crippen LogP contribution is 2.37. The zero-order valence-electron chi connectivity index (χ0n) is 19.0. The average Bonchev–Trinajstić information content (AvgIpc) is 3.41. The van der Waals surface area contributed by atoms with Crippen LogP contribution in [0.3, 0.4) is 0 Å². The number of nitrogens with zero attached hydrogens (tertiary/aromatic N) is 2. The van der Waals surface area contributed by atoms with Crippen molar-refractivity contribution in [1.82, 2.24) is 14.9 Å². The molecule has 0 aliphatic carbocycles. The normalized spacial score (nSPS) is 12.5. The topological polar surface area (TPSA) is 56.2 Å². The van der Waals surface area contributed by atoms with Gasteiger partial charge in [-0.15, -0.1) is 0 Å². The van der Waals surface area contributed by atoms with Gasteiger partial charge in [0.2, 0.25) is 0 Å². The highest BCUT2D eigenvalue weighted by atomic mass is 16.5. The Balaban J connectivity index is 1.77. The van der Waals surface area contributed by atoms with E-state index in [2.05, 4.69) is 96.9 Å². The summed E-state index contributed by atoms with van der Waals surface area (Å²) in [5.74, 6) is 0.205. The largest absolute Gasteiger partial charge is 0.447 e. The van der Waals surface area contributed by atoms with Crippen LogP contribution in [0, 0.1) is 5.92 Å². The van der Waals surface area contributed by atoms with E-state index in [1.807, 2.05) is 18.2 Å². The fraction of sp³-hybridized carbons (Fsp3) is 0.214. The molecule has 4 rings (SSSR count). The van der Waals surface area contributed by atoms with Gasteiger partial charge < -0.3 is 4.74 Å². The van der Waals surface area contributed by atoms with Gasteiger partial charge in [-0.1, -0.05) is 105 Å². The SMILES string of the molecule is CC(C)C(COC(=O)n1ccnc1)NC(c1ccccc1)(c1ccccc1)c1ccccc1. The number of rotatable bonds is 8. The van der Waals surface area contributed by atoms with Crippen LogP contribution in [0.1, 0.15) is 30.5 Å². The molecule has 0 saturated carbocycles. The van der Waals surface area contributed by atoms with Gasteiger partial charge >= 0.3 is 6.09 Å². The van der Waals surface area contributed by atoms with Crippen molar-refractivity contribution in [2.45, 2.75) is 25.4 Å². The summed E-state index contributed by atoms with van der Waals surface area (Å²) in [6.45, 7) is 4.49. The van der Waals surface area contributed by atoms with Gasteiger partial charge in [0.1, 0.15) is 12.9 Å². The Bertz CT molecular complexity index is 1030. The van der Waals surface area contributed by atoms with Crippen LogP contribution in [-0.2, 0) is 10.3 Å². The summed E-state index contributed by atoms with van der Waals surface area (Å²) in [6.07, 6.45) is 4.15. The molecule has 0 aliphatic heterocycles. The van der Waals surface area contributed by atoms with Crippen LogP contribution in [-0.4, -0.2) is 28.3 Å². The van der Waals surface area contributed by atoms with Crippen molar-refractivity contribution in [2.24, 2.45) is 5.92 Å². The summed E-state index contributed by atoms with van der Waals surface area (Å²) in [4.78, 5) is 16.4. The number of benzene rings is 3. The van der Waals surface area contributed by atoms with Crippen molar-refractivity contribution in [3.63, 3.8) is 0 Å². The first-order valence-electron chi connectivity index (χ1n) is 11.2. The lowest BCUT2D eigenvalue weighted by molar-refractivity contribution is 0.120. The van der Waals surface area contributed by atoms with E-state index in [4.69, 9.17) is 4.74 Å². The van der Waals surface area contributed by atoms with Crippen LogP contribution >= 0.6 is 0 Å². The van der Waals surface area contributed by atoms with Crippen molar-refractivity contribution < 1.29 is 9.53 Å². The second kappa shape index (κ2) is 10.3. The predicted octanol–water partition coefficient (Wildman–Crippen LogP) is 5.47. The van der Waals surface area contributed by atoms with Gasteiger partial charge in [0.15, 0.2) is 0 Å². The number of ether oxygens (including phenoxy) is 1. The monoisotopic (exact) mass is 439 g/mol. The van der Waals surface area contributed by atoms with E-state index < -0.39 is 11.6 Å². The molecule has 1 heterocycles. The Morgan fingerprint density at radius 1 is 0.879 bits per heavy atom. The predicted molar refractivity (Wildman–Crippen MR) is 130 cm³/mol. The van der Waals surface area contributed by atoms with E-state index in [9.17, 15) is 4.79 Å². The minimum Gasteiger partial charge on any atom is -0.447 e. The average molecular weight is 440 g/mol. The highest BCUT2D eigenvalue weighted by molar-refractivity contribution is 5.70. The van der Waals surface area contributed by atoms with E-state index >= 15 is 0 Å². The van der Waals surface area contributed by atoms with Crippen molar-refractivity contribution in [2.75, 3.05) is 6.61 Å². The van der Waals surface area contributed by atoms with Crippen molar-refractivity contribution >= 4 is 6.09 Å². The molecule has 0 bridgehead atoms. The molecule has 0 spiro atoms. The number of carbonyl (C=O) groups excluding carboxylic acids is 1. The van der Waals surface area contributed by atoms with E-state index in [-0.39, 0.29) is 18.6 Å². The summed E-state index contributed by atoms with van der Waals surface area (Å²) >= 11 is 0. The molecule has 0 aliphatic rings. The standard InChI is InChI=1S/C28H29N3O2/c1-22(2)26(20-33-27(32)31-19-18-29-21-31)30-28(23-12-6-3-7-13-23,24-14-8-4-9-15-24)25-16-10-5-11-17-25/h3-19,21-22,26,30H,20H2,1-2H3. The molecular weight excluding hydrogens is 410 g/mol. The molecule has 1 aromatic heterocycles. The lowest BCUT2D eigenvalue weighted by Gasteiger charge is -2.41. The maximum atomic E-state index is 12.5. The Hall–Kier alpha value is -3.70. The second-order valence-electron chi connectivity index (χ2n) is 8.39. The minimum absolute atomic E-state index is 0.113. The fourth-order valence-corrected chi connectivity index (χ4v) is 4.10. The first kappa shape index (κ1) is 22.5. The Morgan fingerprint density at radius 3 is 1.76 bits per heavy atom. The maximum absolute atomic E-state index is 12.5. The molecule has 3 aromatic carbocycles. The lowest BCUT2D eigenvalue weighted by Crippen LogP contribution is -2.53. The number of hydrogen-bond acceptors (Lipinski definition) is 4. The third-order valence-electron chi connectivity index (χ3n) is 5.93. The molecule has 1 atom stereocenters. The lowest BCUT2D eigenvalue weighted by atomic mass is 9.76. The Morgan fingerprint density at radius 2 is 1.36 bits per heavy atom. The Labute approximate surface area is 195 Å². The van der Waals surface area contributed by atoms with E-state index in [1.165, 1.54) is 10.9 Å². The molecule has 0 radical (unpaired) electrons. The fourth-order valence-electron chi connectivity index (χ4n) is 4.10. The highest BCUT2D eigenvalue weighted by Gasteiger charge is 2.39. The van der Waals surface area contributed by atoms with E-state index in [1.54, 1.807) is 12.4 Å². The quantitative estimate of drug-likeness (QED) is 0.370. The van der Waals surface area contributed by atoms with Crippen molar-refractivity contribution in [3.8, 4) is 0 Å². The van der Waals surface area contributed by atoms with Crippen LogP contribution in [0.5, 0.6) is 0 Å². The number of nitrogens with one attached hydrogen (secondary N) is 1. The molecule has 0 saturated heterocycles. The third-order valence-corrected chi connectivity index (χ3v) is 5.93. The first-order valence-corrected chi connectivity index (χ1v) is 11.2. The van der Waals surface area contributed by atoms with Gasteiger partial charge in [-0.3, -0.25) is 5.32 Å².